The van der Waals surface area contributed by atoms with Crippen LogP contribution in [0, 0.1) is 0 Å². The summed E-state index contributed by atoms with van der Waals surface area (Å²) in [6.07, 6.45) is 0. The van der Waals surface area contributed by atoms with E-state index in [9.17, 15) is 5.11 Å². The van der Waals surface area contributed by atoms with Crippen molar-refractivity contribution in [1.82, 2.24) is 4.98 Å². The van der Waals surface area contributed by atoms with Gasteiger partial charge < -0.3 is 21.7 Å². The number of anilines is 2. The first-order valence-electron chi connectivity index (χ1n) is 5.02. The first kappa shape index (κ1) is 14.5. The van der Waals surface area contributed by atoms with E-state index < -0.39 is 0 Å². The predicted octanol–water partition coefficient (Wildman–Crippen LogP) is 2.49. The Labute approximate surface area is 115 Å². The van der Waals surface area contributed by atoms with Crippen LogP contribution in [0.1, 0.15) is 0 Å². The number of benzene rings is 1. The molecule has 0 saturated carbocycles. The minimum Gasteiger partial charge on any atom is -0.508 e. The Balaban J connectivity index is 0.00000180. The van der Waals surface area contributed by atoms with Gasteiger partial charge in [-0.1, -0.05) is 0 Å². The number of hydrogen-bond acceptors (Lipinski definition) is 7. The Morgan fingerprint density at radius 2 is 1.58 bits per heavy atom. The normalized spacial score (nSPS) is 10.3. The number of nitrogens with zero attached hydrogens (tertiary/aromatic N) is 3. The van der Waals surface area contributed by atoms with Gasteiger partial charge in [-0.25, -0.2) is 4.98 Å². The molecule has 0 fully saturated rings. The zero-order chi connectivity index (χ0) is 13.1. The van der Waals surface area contributed by atoms with Gasteiger partial charge in [-0.15, -0.1) is 17.5 Å². The smallest absolute Gasteiger partial charge is 0.168 e. The number of nitrogen functional groups attached to an aromatic ring is 2. The zero-order valence-corrected chi connectivity index (χ0v) is 10.5. The molecule has 0 aliphatic carbocycles. The Bertz CT molecular complexity index is 601. The van der Waals surface area contributed by atoms with Gasteiger partial charge in [0.15, 0.2) is 17.4 Å². The van der Waals surface area contributed by atoms with Gasteiger partial charge in [-0.3, -0.25) is 0 Å². The molecule has 0 bridgehead atoms. The van der Waals surface area contributed by atoms with E-state index in [4.69, 9.17) is 16.6 Å². The average Bonchev–Trinajstić information content (AvgIpc) is 2.34. The monoisotopic (exact) mass is 281 g/mol. The number of halogens is 1. The zero-order valence-electron chi connectivity index (χ0n) is 9.69. The van der Waals surface area contributed by atoms with Crippen LogP contribution in [0.15, 0.2) is 40.6 Å². The molecule has 0 aliphatic rings. The predicted molar refractivity (Wildman–Crippen MR) is 74.3 cm³/mol. The summed E-state index contributed by atoms with van der Waals surface area (Å²) in [5.41, 5.74) is 11.7. The van der Waals surface area contributed by atoms with Gasteiger partial charge in [0.2, 0.25) is 0 Å². The lowest BCUT2D eigenvalue weighted by Crippen LogP contribution is -1.96. The van der Waals surface area contributed by atoms with E-state index in [0.717, 1.165) is 0 Å². The maximum atomic E-state index is 9.38. The third-order valence-electron chi connectivity index (χ3n) is 2.16. The molecule has 0 saturated heterocycles. The van der Waals surface area contributed by atoms with Crippen molar-refractivity contribution in [3.63, 3.8) is 0 Å². The van der Waals surface area contributed by atoms with E-state index in [1.807, 2.05) is 0 Å². The van der Waals surface area contributed by atoms with Crippen LogP contribution >= 0.6 is 12.4 Å². The number of aromatic nitrogens is 1. The average molecular weight is 282 g/mol. The Morgan fingerprint density at radius 3 is 2.21 bits per heavy atom. The van der Waals surface area contributed by atoms with Crippen molar-refractivity contribution in [1.29, 1.82) is 0 Å². The summed E-state index contributed by atoms with van der Waals surface area (Å²) in [7, 11) is 0. The van der Waals surface area contributed by atoms with Crippen LogP contribution in [0.25, 0.3) is 0 Å². The molecule has 7 nitrogen and oxygen atoms in total. The van der Waals surface area contributed by atoms with Gasteiger partial charge in [0.1, 0.15) is 11.4 Å². The minimum absolute atomic E-state index is 0. The third-order valence-corrected chi connectivity index (χ3v) is 2.16. The van der Waals surface area contributed by atoms with Gasteiger partial charge >= 0.3 is 0 Å². The molecule has 2 aromatic rings. The number of pyridine rings is 1. The van der Waals surface area contributed by atoms with E-state index in [1.54, 1.807) is 12.1 Å². The molecule has 0 unspecified atom stereocenters. The summed E-state index contributed by atoms with van der Waals surface area (Å²) in [6.45, 7) is 0. The quantitative estimate of drug-likeness (QED) is 0.628. The maximum Gasteiger partial charge on any atom is 0.168 e. The van der Waals surface area contributed by atoms with E-state index in [2.05, 4.69) is 15.2 Å². The van der Waals surface area contributed by atoms with Gasteiger partial charge in [-0.05, 0) is 24.3 Å². The number of hydrogen-bond donors (Lipinski definition) is 4. The molecule has 1 aromatic carbocycles. The van der Waals surface area contributed by atoms with Crippen LogP contribution in [0.2, 0.25) is 0 Å². The molecule has 0 atom stereocenters. The first-order chi connectivity index (χ1) is 8.56. The molecular weight excluding hydrogens is 270 g/mol. The SMILES string of the molecule is Cl.Nc1nc(N)c(/N=N/c2ccc(O)cc2)cc1O. The number of nitrogens with two attached hydrogens (primary N) is 2. The van der Waals surface area contributed by atoms with Crippen molar-refractivity contribution in [3.05, 3.63) is 30.3 Å². The number of phenolic OH excluding ortho intramolecular Hbond substituents is 1. The van der Waals surface area contributed by atoms with Crippen LogP contribution in [0.4, 0.5) is 23.0 Å². The third kappa shape index (κ3) is 3.46. The molecule has 6 N–H and O–H groups in total. The van der Waals surface area contributed by atoms with Crippen LogP contribution in [-0.2, 0) is 0 Å². The summed E-state index contributed by atoms with van der Waals surface area (Å²) in [5.74, 6) is -0.0481. The second-order valence-corrected chi connectivity index (χ2v) is 3.51. The summed E-state index contributed by atoms with van der Waals surface area (Å²) in [4.78, 5) is 3.71. The highest BCUT2D eigenvalue weighted by molar-refractivity contribution is 5.85. The summed E-state index contributed by atoms with van der Waals surface area (Å²) in [5, 5.41) is 26.2. The highest BCUT2D eigenvalue weighted by Crippen LogP contribution is 2.30. The Hall–Kier alpha value is -2.54. The number of phenols is 1. The lowest BCUT2D eigenvalue weighted by atomic mass is 10.3. The van der Waals surface area contributed by atoms with E-state index in [-0.39, 0.29) is 41.2 Å². The van der Waals surface area contributed by atoms with Gasteiger partial charge in [0, 0.05) is 6.07 Å². The van der Waals surface area contributed by atoms with Crippen molar-refractivity contribution >= 4 is 35.4 Å². The maximum absolute atomic E-state index is 9.38. The number of azo groups is 1. The van der Waals surface area contributed by atoms with Crippen molar-refractivity contribution in [2.75, 3.05) is 11.5 Å². The molecular formula is C11H12ClN5O2. The summed E-state index contributed by atoms with van der Waals surface area (Å²) >= 11 is 0. The highest BCUT2D eigenvalue weighted by Gasteiger charge is 2.05. The molecule has 1 heterocycles. The molecule has 0 amide bonds. The Morgan fingerprint density at radius 1 is 0.947 bits per heavy atom. The molecule has 0 spiro atoms. The second kappa shape index (κ2) is 5.87. The first-order valence-corrected chi connectivity index (χ1v) is 5.02. The van der Waals surface area contributed by atoms with E-state index >= 15 is 0 Å². The van der Waals surface area contributed by atoms with Crippen molar-refractivity contribution in [2.24, 2.45) is 10.2 Å². The standard InChI is InChI=1S/C11H11N5O2.ClH/c12-10-8(5-9(18)11(13)14-10)16-15-6-1-3-7(17)4-2-6;/h1-5,17-18H,(H4,12,13,14);1H/b16-15+;. The highest BCUT2D eigenvalue weighted by atomic mass is 35.5. The fourth-order valence-corrected chi connectivity index (χ4v) is 1.23. The largest absolute Gasteiger partial charge is 0.508 e. The minimum atomic E-state index is -0.205. The van der Waals surface area contributed by atoms with E-state index in [1.165, 1.54) is 18.2 Å². The molecule has 0 aliphatic heterocycles. The summed E-state index contributed by atoms with van der Waals surface area (Å²) < 4.78 is 0. The molecule has 1 aromatic heterocycles. The topological polar surface area (TPSA) is 130 Å². The lowest BCUT2D eigenvalue weighted by Gasteiger charge is -2.02. The van der Waals surface area contributed by atoms with Crippen LogP contribution in [0.3, 0.4) is 0 Å². The van der Waals surface area contributed by atoms with Crippen molar-refractivity contribution in [2.45, 2.75) is 0 Å². The fraction of sp³-hybridized carbons (Fsp3) is 0. The lowest BCUT2D eigenvalue weighted by molar-refractivity contribution is 0.475. The van der Waals surface area contributed by atoms with Gasteiger partial charge in [0.25, 0.3) is 0 Å². The van der Waals surface area contributed by atoms with E-state index in [0.29, 0.717) is 5.69 Å². The molecule has 8 heteroatoms. The van der Waals surface area contributed by atoms with Crippen LogP contribution in [-0.4, -0.2) is 15.2 Å². The molecule has 2 rings (SSSR count). The van der Waals surface area contributed by atoms with Gasteiger partial charge in [-0.2, -0.15) is 5.11 Å². The van der Waals surface area contributed by atoms with Crippen molar-refractivity contribution in [3.8, 4) is 11.5 Å². The second-order valence-electron chi connectivity index (χ2n) is 3.51. The van der Waals surface area contributed by atoms with Crippen LogP contribution in [0.5, 0.6) is 11.5 Å². The molecule has 100 valence electrons. The van der Waals surface area contributed by atoms with Crippen molar-refractivity contribution < 1.29 is 10.2 Å². The molecule has 0 radical (unpaired) electrons. The number of rotatable bonds is 2. The number of aromatic hydroxyl groups is 2. The van der Waals surface area contributed by atoms with Crippen LogP contribution < -0.4 is 11.5 Å². The summed E-state index contributed by atoms with van der Waals surface area (Å²) in [6, 6.07) is 7.41. The Kier molecular flexibility index (Phi) is 4.49. The molecule has 19 heavy (non-hydrogen) atoms. The fourth-order valence-electron chi connectivity index (χ4n) is 1.23. The van der Waals surface area contributed by atoms with Gasteiger partial charge in [0.05, 0.1) is 5.69 Å².